The maximum absolute atomic E-state index is 10.0. The molecule has 33 heavy (non-hydrogen) atoms. The number of hydrogen-bond donors (Lipinski definition) is 1. The smallest absolute Gasteiger partial charge is 0.117 e. The first kappa shape index (κ1) is 25.0. The number of aliphatic hydroxyl groups excluding tert-OH is 1. The van der Waals surface area contributed by atoms with E-state index in [-0.39, 0.29) is 17.2 Å². The van der Waals surface area contributed by atoms with E-state index in [4.69, 9.17) is 0 Å². The van der Waals surface area contributed by atoms with Crippen LogP contribution in [0.3, 0.4) is 0 Å². The van der Waals surface area contributed by atoms with Gasteiger partial charge in [0, 0.05) is 24.0 Å². The second-order valence-corrected chi connectivity index (χ2v) is 10.8. The minimum absolute atomic E-state index is 0.0509. The summed E-state index contributed by atoms with van der Waals surface area (Å²) in [6, 6.07) is 2.54. The summed E-state index contributed by atoms with van der Waals surface area (Å²) in [5.74, 6) is 1.13. The van der Waals surface area contributed by atoms with Gasteiger partial charge in [-0.25, -0.2) is 0 Å². The number of nitrogens with zero attached hydrogens (tertiary/aromatic N) is 2. The Balaban J connectivity index is 0.000000541. The topological polar surface area (TPSA) is 28.4 Å². The van der Waals surface area contributed by atoms with Crippen LogP contribution in [0, 0.1) is 11.3 Å². The van der Waals surface area contributed by atoms with Crippen LogP contribution < -0.4 is 0 Å². The molecule has 1 aliphatic carbocycles. The van der Waals surface area contributed by atoms with Crippen molar-refractivity contribution in [3.05, 3.63) is 84.1 Å². The summed E-state index contributed by atoms with van der Waals surface area (Å²) in [5, 5.41) is 10.0. The lowest BCUT2D eigenvalue weighted by Gasteiger charge is -2.47. The third-order valence-electron chi connectivity index (χ3n) is 7.20. The van der Waals surface area contributed by atoms with E-state index in [2.05, 4.69) is 89.0 Å². The van der Waals surface area contributed by atoms with Crippen molar-refractivity contribution in [2.45, 2.75) is 79.8 Å². The van der Waals surface area contributed by atoms with Crippen molar-refractivity contribution in [1.29, 1.82) is 0 Å². The van der Waals surface area contributed by atoms with Gasteiger partial charge in [0.05, 0.1) is 17.4 Å². The van der Waals surface area contributed by atoms with E-state index in [9.17, 15) is 5.11 Å². The molecule has 3 heteroatoms. The number of hydrogen-bond acceptors (Lipinski definition) is 2. The van der Waals surface area contributed by atoms with Gasteiger partial charge in [0.25, 0.3) is 0 Å². The van der Waals surface area contributed by atoms with Crippen LogP contribution in [0.5, 0.6) is 0 Å². The molecule has 3 nitrogen and oxygen atoms in total. The molecular formula is C30H42N2O. The predicted octanol–water partition coefficient (Wildman–Crippen LogP) is 8.04. The summed E-state index contributed by atoms with van der Waals surface area (Å²) in [6.07, 6.45) is 13.4. The Hall–Kier alpha value is -2.68. The third-order valence-corrected chi connectivity index (χ3v) is 7.20. The number of fused-ring (bicyclic) bond motifs is 3. The van der Waals surface area contributed by atoms with E-state index in [0.717, 1.165) is 30.2 Å². The number of rotatable bonds is 4. The van der Waals surface area contributed by atoms with Crippen LogP contribution in [-0.2, 0) is 13.0 Å². The maximum Gasteiger partial charge on any atom is 0.117 e. The third kappa shape index (κ3) is 4.98. The fourth-order valence-corrected chi connectivity index (χ4v) is 4.90. The number of allylic oxidation sites excluding steroid dienone is 5. The van der Waals surface area contributed by atoms with Crippen molar-refractivity contribution in [2.75, 3.05) is 0 Å². The highest BCUT2D eigenvalue weighted by Gasteiger charge is 2.39. The normalized spacial score (nSPS) is 20.5. The molecule has 0 aromatic carbocycles. The Morgan fingerprint density at radius 3 is 2.36 bits per heavy atom. The van der Waals surface area contributed by atoms with E-state index in [0.29, 0.717) is 5.57 Å². The SMILES string of the molecule is C=C/C=C(/C)c1cc2n(c1CC)CC(C(C)(C)C)N1C=C(C(=C)O)C(=C)C=C21.CC1CCC1. The van der Waals surface area contributed by atoms with Gasteiger partial charge in [-0.3, -0.25) is 0 Å². The van der Waals surface area contributed by atoms with Crippen LogP contribution in [0.2, 0.25) is 0 Å². The summed E-state index contributed by atoms with van der Waals surface area (Å²) in [7, 11) is 0. The van der Waals surface area contributed by atoms with Crippen molar-refractivity contribution in [2.24, 2.45) is 11.3 Å². The molecule has 1 saturated carbocycles. The summed E-state index contributed by atoms with van der Waals surface area (Å²) in [6.45, 7) is 26.1. The molecule has 1 aromatic heterocycles. The fourth-order valence-electron chi connectivity index (χ4n) is 4.90. The van der Waals surface area contributed by atoms with Crippen molar-refractivity contribution in [3.8, 4) is 0 Å². The standard InChI is InChI=1S/C25H32N2O.C5H10/c1-9-11-16(3)19-13-23-22-12-17(4)20(18(5)28)14-27(22)24(25(6,7)8)15-26(23)21(19)10-2;1-5-3-2-4-5/h9,11-14,24,28H,1,4-5,10,15H2,2-3,6-8H3;5H,2-4H2,1H3/b16-11-;. The van der Waals surface area contributed by atoms with Gasteiger partial charge in [0.15, 0.2) is 0 Å². The maximum atomic E-state index is 10.0. The number of aliphatic hydroxyl groups is 1. The summed E-state index contributed by atoms with van der Waals surface area (Å²) in [5.41, 5.74) is 7.73. The lowest BCUT2D eigenvalue weighted by molar-refractivity contribution is 0.160. The molecule has 1 aromatic rings. The van der Waals surface area contributed by atoms with Gasteiger partial charge >= 0.3 is 0 Å². The zero-order valence-corrected chi connectivity index (χ0v) is 21.5. The molecule has 1 N–H and O–H groups in total. The zero-order valence-electron chi connectivity index (χ0n) is 21.5. The Kier molecular flexibility index (Phi) is 7.31. The first-order valence-electron chi connectivity index (χ1n) is 12.3. The molecule has 3 aliphatic rings. The van der Waals surface area contributed by atoms with Gasteiger partial charge < -0.3 is 14.6 Å². The van der Waals surface area contributed by atoms with Crippen molar-refractivity contribution in [3.63, 3.8) is 0 Å². The van der Waals surface area contributed by atoms with Crippen LogP contribution in [0.15, 0.2) is 67.1 Å². The fraction of sp³-hybridized carbons (Fsp3) is 0.467. The summed E-state index contributed by atoms with van der Waals surface area (Å²) < 4.78 is 2.47. The molecule has 0 radical (unpaired) electrons. The molecule has 4 rings (SSSR count). The van der Waals surface area contributed by atoms with Crippen molar-refractivity contribution >= 4 is 11.3 Å². The van der Waals surface area contributed by atoms with Gasteiger partial charge in [0.2, 0.25) is 0 Å². The molecule has 1 fully saturated rings. The van der Waals surface area contributed by atoms with Gasteiger partial charge in [-0.2, -0.15) is 0 Å². The second kappa shape index (κ2) is 9.67. The van der Waals surface area contributed by atoms with Gasteiger partial charge in [-0.15, -0.1) is 0 Å². The van der Waals surface area contributed by atoms with E-state index in [1.54, 1.807) is 0 Å². The molecule has 0 spiro atoms. The molecule has 1 atom stereocenters. The van der Waals surface area contributed by atoms with Gasteiger partial charge in [-0.05, 0) is 53.5 Å². The van der Waals surface area contributed by atoms with E-state index >= 15 is 0 Å². The highest BCUT2D eigenvalue weighted by molar-refractivity contribution is 5.78. The Morgan fingerprint density at radius 2 is 1.91 bits per heavy atom. The molecule has 178 valence electrons. The lowest BCUT2D eigenvalue weighted by atomic mass is 9.83. The van der Waals surface area contributed by atoms with Crippen LogP contribution in [0.4, 0.5) is 0 Å². The lowest BCUT2D eigenvalue weighted by Crippen LogP contribution is -2.47. The van der Waals surface area contributed by atoms with E-state index in [1.807, 2.05) is 12.3 Å². The first-order valence-corrected chi connectivity index (χ1v) is 12.3. The Labute approximate surface area is 201 Å². The predicted molar refractivity (Wildman–Crippen MR) is 143 cm³/mol. The van der Waals surface area contributed by atoms with Crippen molar-refractivity contribution in [1.82, 2.24) is 9.47 Å². The quantitative estimate of drug-likeness (QED) is 0.374. The molecule has 1 unspecified atom stereocenters. The molecule has 0 bridgehead atoms. The molecule has 2 aliphatic heterocycles. The van der Waals surface area contributed by atoms with Crippen LogP contribution in [0.25, 0.3) is 11.3 Å². The first-order chi connectivity index (χ1) is 15.5. The van der Waals surface area contributed by atoms with E-state index in [1.165, 1.54) is 41.8 Å². The zero-order chi connectivity index (χ0) is 24.5. The summed E-state index contributed by atoms with van der Waals surface area (Å²) in [4.78, 5) is 2.30. The van der Waals surface area contributed by atoms with Crippen LogP contribution in [-0.4, -0.2) is 20.6 Å². The second-order valence-electron chi connectivity index (χ2n) is 10.8. The minimum Gasteiger partial charge on any atom is -0.508 e. The minimum atomic E-state index is 0.0509. The van der Waals surface area contributed by atoms with Crippen molar-refractivity contribution < 1.29 is 5.11 Å². The average molecular weight is 447 g/mol. The molecule has 3 heterocycles. The largest absolute Gasteiger partial charge is 0.508 e. The number of aromatic nitrogens is 1. The van der Waals surface area contributed by atoms with Crippen LogP contribution >= 0.6 is 0 Å². The van der Waals surface area contributed by atoms with Crippen LogP contribution in [0.1, 0.15) is 77.8 Å². The monoisotopic (exact) mass is 446 g/mol. The van der Waals surface area contributed by atoms with Gasteiger partial charge in [-0.1, -0.05) is 85.8 Å². The summed E-state index contributed by atoms with van der Waals surface area (Å²) >= 11 is 0. The Morgan fingerprint density at radius 1 is 1.27 bits per heavy atom. The highest BCUT2D eigenvalue weighted by Crippen LogP contribution is 2.43. The average Bonchev–Trinajstić information content (AvgIpc) is 3.10. The van der Waals surface area contributed by atoms with E-state index < -0.39 is 0 Å². The molecule has 0 amide bonds. The van der Waals surface area contributed by atoms with Gasteiger partial charge in [0.1, 0.15) is 5.76 Å². The Bertz CT molecular complexity index is 1030. The molecular weight excluding hydrogens is 404 g/mol. The highest BCUT2D eigenvalue weighted by atomic mass is 16.3. The molecule has 0 saturated heterocycles.